The molecule has 2 heterocycles. The molecule has 0 aliphatic carbocycles. The Hall–Kier alpha value is -1.43. The molecule has 2 aliphatic rings. The normalized spacial score (nSPS) is 18.8. The van der Waals surface area contributed by atoms with Crippen molar-refractivity contribution in [2.24, 2.45) is 0 Å². The van der Waals surface area contributed by atoms with Gasteiger partial charge in [0.1, 0.15) is 5.70 Å². The number of ether oxygens (including phenoxy) is 1. The number of anilines is 1. The van der Waals surface area contributed by atoms with Crippen molar-refractivity contribution in [3.05, 3.63) is 48.0 Å². The van der Waals surface area contributed by atoms with E-state index in [0.29, 0.717) is 42.1 Å². The van der Waals surface area contributed by atoms with E-state index in [2.05, 4.69) is 0 Å². The predicted octanol–water partition coefficient (Wildman–Crippen LogP) is 1.98. The van der Waals surface area contributed by atoms with E-state index in [1.54, 1.807) is 17.1 Å². The minimum absolute atomic E-state index is 0. The van der Waals surface area contributed by atoms with Crippen LogP contribution in [-0.2, 0) is 14.9 Å². The smallest absolute Gasteiger partial charge is 0.276 e. The van der Waals surface area contributed by atoms with Crippen molar-refractivity contribution in [2.75, 3.05) is 30.3 Å². The summed E-state index contributed by atoms with van der Waals surface area (Å²) < 4.78 is 37.0. The molecule has 1 fully saturated rings. The first-order chi connectivity index (χ1) is 13.8. The first kappa shape index (κ1) is 24.8. The van der Waals surface area contributed by atoms with Gasteiger partial charge < -0.3 is 14.5 Å². The van der Waals surface area contributed by atoms with Crippen LogP contribution in [0.2, 0.25) is 0 Å². The van der Waals surface area contributed by atoms with Crippen LogP contribution in [0.3, 0.4) is 0 Å². The summed E-state index contributed by atoms with van der Waals surface area (Å²) in [6, 6.07) is 7.37. The van der Waals surface area contributed by atoms with Crippen LogP contribution >= 0.6 is 12.2 Å². The van der Waals surface area contributed by atoms with E-state index in [1.165, 1.54) is 4.90 Å². The van der Waals surface area contributed by atoms with E-state index in [9.17, 15) is 13.2 Å². The van der Waals surface area contributed by atoms with Gasteiger partial charge in [0.2, 0.25) is 5.88 Å². The first-order valence-electron chi connectivity index (χ1n) is 9.31. The number of carbonyl (C=O) groups is 1. The molecule has 1 saturated heterocycles. The van der Waals surface area contributed by atoms with Gasteiger partial charge in [-0.3, -0.25) is 14.2 Å². The quantitative estimate of drug-likeness (QED) is 0.286. The molecule has 1 aromatic carbocycles. The molecule has 0 atom stereocenters. The first-order valence-corrected chi connectivity index (χ1v) is 11.3. The molecule has 8 nitrogen and oxygen atoms in total. The molecule has 1 radical (unpaired) electrons. The Kier molecular flexibility index (Phi) is 8.49. The van der Waals surface area contributed by atoms with Crippen molar-refractivity contribution >= 4 is 68.6 Å². The Bertz CT molecular complexity index is 994. The zero-order valence-electron chi connectivity index (χ0n) is 17.2. The second-order valence-electron chi connectivity index (χ2n) is 6.49. The Balaban J connectivity index is 0.00000320. The number of carbonyl (C=O) groups excluding carboxylic acids is 1. The number of hydrogen-bond donors (Lipinski definition) is 1. The summed E-state index contributed by atoms with van der Waals surface area (Å²) in [5.41, 5.74) is 1.26. The van der Waals surface area contributed by atoms with Crippen LogP contribution in [0.4, 0.5) is 5.69 Å². The Morgan fingerprint density at radius 1 is 1.10 bits per heavy atom. The van der Waals surface area contributed by atoms with E-state index >= 15 is 0 Å². The number of rotatable bonds is 7. The molecule has 157 valence electrons. The molecule has 0 spiro atoms. The van der Waals surface area contributed by atoms with E-state index in [1.807, 2.05) is 43.0 Å². The molecule has 1 N–H and O–H groups in total. The molecule has 0 saturated carbocycles. The van der Waals surface area contributed by atoms with Crippen molar-refractivity contribution < 1.29 is 22.5 Å². The summed E-state index contributed by atoms with van der Waals surface area (Å²) >= 11 is 5.38. The zero-order chi connectivity index (χ0) is 21.2. The molecule has 3 rings (SSSR count). The summed E-state index contributed by atoms with van der Waals surface area (Å²) in [5.74, 6) is 0.602. The second kappa shape index (κ2) is 10.3. The molecular weight excluding hydrogens is 437 g/mol. The number of benzene rings is 1. The summed E-state index contributed by atoms with van der Waals surface area (Å²) in [4.78, 5) is 17.8. The molecule has 1 aromatic rings. The van der Waals surface area contributed by atoms with Crippen molar-refractivity contribution in [3.63, 3.8) is 0 Å². The largest absolute Gasteiger partial charge is 0.439 e. The zero-order valence-corrected chi connectivity index (χ0v) is 20.9. The third kappa shape index (κ3) is 5.24. The average molecular weight is 461 g/mol. The fraction of sp³-hybridized carbons (Fsp3) is 0.368. The van der Waals surface area contributed by atoms with Gasteiger partial charge in [-0.25, -0.2) is 0 Å². The molecule has 11 heteroatoms. The maximum absolute atomic E-state index is 12.7. The van der Waals surface area contributed by atoms with E-state index in [-0.39, 0.29) is 47.6 Å². The van der Waals surface area contributed by atoms with Gasteiger partial charge in [0.25, 0.3) is 16.0 Å². The third-order valence-corrected chi connectivity index (χ3v) is 5.90. The van der Waals surface area contributed by atoms with Crippen molar-refractivity contribution in [2.45, 2.75) is 20.3 Å². The Labute approximate surface area is 204 Å². The number of thiocarbonyl (C=S) groups is 1. The summed E-state index contributed by atoms with van der Waals surface area (Å²) in [7, 11) is -4.04. The standard InChI is InChI=1S/C19H23N3O5S2.Na/c1-3-20-15(18(23)21(4-2)19(20)28)10-11-17-22(12-7-13-29(24,25)26)14-8-5-6-9-16(14)27-17;/h5-6,8-11H,3-4,7,12-13H2,1-2H3,(H,24,25,26);. The monoisotopic (exact) mass is 460 g/mol. The minimum atomic E-state index is -4.04. The van der Waals surface area contributed by atoms with Crippen molar-refractivity contribution in [3.8, 4) is 5.75 Å². The van der Waals surface area contributed by atoms with Crippen molar-refractivity contribution in [1.82, 2.24) is 9.80 Å². The van der Waals surface area contributed by atoms with Gasteiger partial charge in [-0.1, -0.05) is 12.1 Å². The number of likely N-dealkylation sites (N-methyl/N-ethyl adjacent to an activating group) is 2. The number of nitrogens with zero attached hydrogens (tertiary/aromatic N) is 3. The van der Waals surface area contributed by atoms with Crippen LogP contribution in [0.15, 0.2) is 48.0 Å². The van der Waals surface area contributed by atoms with Crippen molar-refractivity contribution in [1.29, 1.82) is 0 Å². The van der Waals surface area contributed by atoms with Gasteiger partial charge in [-0.15, -0.1) is 0 Å². The van der Waals surface area contributed by atoms with E-state index in [0.717, 1.165) is 5.69 Å². The number of para-hydroxylation sites is 2. The van der Waals surface area contributed by atoms with Gasteiger partial charge in [0, 0.05) is 55.3 Å². The van der Waals surface area contributed by atoms with E-state index < -0.39 is 10.1 Å². The van der Waals surface area contributed by atoms with Gasteiger partial charge in [0.05, 0.1) is 11.4 Å². The fourth-order valence-electron chi connectivity index (χ4n) is 3.30. The topological polar surface area (TPSA) is 90.4 Å². The Morgan fingerprint density at radius 3 is 2.40 bits per heavy atom. The van der Waals surface area contributed by atoms with Crippen LogP contribution in [0.1, 0.15) is 20.3 Å². The maximum Gasteiger partial charge on any atom is 0.276 e. The number of hydrogen-bond acceptors (Lipinski definition) is 6. The van der Waals surface area contributed by atoms with Crippen LogP contribution < -0.4 is 9.64 Å². The second-order valence-corrected chi connectivity index (χ2v) is 8.43. The summed E-state index contributed by atoms with van der Waals surface area (Å²) in [5, 5.41) is 0.477. The average Bonchev–Trinajstić information content (AvgIpc) is 3.13. The van der Waals surface area contributed by atoms with Crippen LogP contribution in [0.25, 0.3) is 0 Å². The summed E-state index contributed by atoms with van der Waals surface area (Å²) in [6.45, 7) is 5.17. The molecule has 2 aliphatic heterocycles. The van der Waals surface area contributed by atoms with Gasteiger partial charge >= 0.3 is 0 Å². The van der Waals surface area contributed by atoms with Crippen LogP contribution in [0.5, 0.6) is 5.75 Å². The molecule has 0 unspecified atom stereocenters. The van der Waals surface area contributed by atoms with Gasteiger partial charge in [-0.2, -0.15) is 8.42 Å². The van der Waals surface area contributed by atoms with Crippen LogP contribution in [0, 0.1) is 0 Å². The SMILES string of the molecule is CCN1C(=O)C(=CC=C2Oc3ccccc3N2CCCS(=O)(=O)O)N(CC)C1=S.[Na]. The maximum atomic E-state index is 12.7. The third-order valence-electron chi connectivity index (χ3n) is 4.65. The number of amides is 1. The number of allylic oxidation sites excluding steroid dienone is 2. The van der Waals surface area contributed by atoms with Gasteiger partial charge in [0.15, 0.2) is 10.9 Å². The fourth-order valence-corrected chi connectivity index (χ4v) is 4.23. The van der Waals surface area contributed by atoms with E-state index in [4.69, 9.17) is 21.5 Å². The summed E-state index contributed by atoms with van der Waals surface area (Å²) in [6.07, 6.45) is 3.58. The number of fused-ring (bicyclic) bond motifs is 1. The van der Waals surface area contributed by atoms with Gasteiger partial charge in [-0.05, 0) is 50.7 Å². The Morgan fingerprint density at radius 2 is 1.77 bits per heavy atom. The molecule has 1 amide bonds. The van der Waals surface area contributed by atoms with Crippen LogP contribution in [-0.4, -0.2) is 88.7 Å². The molecule has 0 bridgehead atoms. The molecule has 30 heavy (non-hydrogen) atoms. The molecule has 0 aromatic heterocycles. The minimum Gasteiger partial charge on any atom is -0.439 e. The molecular formula is C19H23N3NaO5S2. The predicted molar refractivity (Wildman–Crippen MR) is 120 cm³/mol.